The lowest BCUT2D eigenvalue weighted by atomic mass is 9.90. The van der Waals surface area contributed by atoms with Crippen LogP contribution in [0.15, 0.2) is 24.3 Å². The maximum absolute atomic E-state index is 10.2. The van der Waals surface area contributed by atoms with Crippen LogP contribution < -0.4 is 4.74 Å². The number of hydrogen-bond donors (Lipinski definition) is 4. The van der Waals surface area contributed by atoms with Crippen LogP contribution in [0.1, 0.15) is 18.6 Å². The molecule has 2 heterocycles. The fourth-order valence-electron chi connectivity index (χ4n) is 2.95. The van der Waals surface area contributed by atoms with E-state index in [0.29, 0.717) is 31.1 Å². The van der Waals surface area contributed by atoms with Crippen LogP contribution in [0.25, 0.3) is 0 Å². The van der Waals surface area contributed by atoms with E-state index in [1.807, 2.05) is 0 Å². The molecule has 0 aliphatic carbocycles. The maximum Gasteiger partial charge on any atom is 0.119 e. The highest BCUT2D eigenvalue weighted by Gasteiger charge is 2.44. The molecular formula is C17H24O7. The second-order valence-electron chi connectivity index (χ2n) is 6.91. The van der Waals surface area contributed by atoms with E-state index in [4.69, 9.17) is 14.2 Å². The molecule has 0 radical (unpaired) electrons. The van der Waals surface area contributed by atoms with Gasteiger partial charge in [0.1, 0.15) is 36.3 Å². The Morgan fingerprint density at radius 1 is 1.17 bits per heavy atom. The van der Waals surface area contributed by atoms with Crippen molar-refractivity contribution in [3.05, 3.63) is 29.8 Å². The molecule has 1 unspecified atom stereocenters. The predicted molar refractivity (Wildman–Crippen MR) is 83.6 cm³/mol. The van der Waals surface area contributed by atoms with E-state index < -0.39 is 37.1 Å². The zero-order valence-corrected chi connectivity index (χ0v) is 13.5. The monoisotopic (exact) mass is 340 g/mol. The van der Waals surface area contributed by atoms with Gasteiger partial charge in [-0.15, -0.1) is 0 Å². The first-order valence-electron chi connectivity index (χ1n) is 8.04. The van der Waals surface area contributed by atoms with Crippen molar-refractivity contribution < 1.29 is 34.6 Å². The van der Waals surface area contributed by atoms with Crippen molar-refractivity contribution in [2.24, 2.45) is 5.41 Å². The van der Waals surface area contributed by atoms with Gasteiger partial charge in [-0.25, -0.2) is 0 Å². The largest absolute Gasteiger partial charge is 0.493 e. The van der Waals surface area contributed by atoms with Crippen molar-refractivity contribution in [2.45, 2.75) is 37.4 Å². The van der Waals surface area contributed by atoms with Crippen LogP contribution in [0.3, 0.4) is 0 Å². The van der Waals surface area contributed by atoms with E-state index in [2.05, 4.69) is 6.92 Å². The first-order chi connectivity index (χ1) is 11.4. The normalized spacial score (nSPS) is 35.3. The van der Waals surface area contributed by atoms with Gasteiger partial charge in [-0.1, -0.05) is 19.1 Å². The first kappa shape index (κ1) is 17.6. The Hall–Kier alpha value is -1.22. The Bertz CT molecular complexity index is 558. The van der Waals surface area contributed by atoms with Gasteiger partial charge in [0, 0.05) is 5.41 Å². The van der Waals surface area contributed by atoms with Gasteiger partial charge in [-0.3, -0.25) is 0 Å². The fraction of sp³-hybridized carbons (Fsp3) is 0.647. The summed E-state index contributed by atoms with van der Waals surface area (Å²) in [5, 5.41) is 39.2. The Balaban J connectivity index is 1.72. The molecule has 0 bridgehead atoms. The molecule has 2 aliphatic heterocycles. The van der Waals surface area contributed by atoms with Gasteiger partial charge in [0.05, 0.1) is 26.4 Å². The number of benzene rings is 1. The highest BCUT2D eigenvalue weighted by molar-refractivity contribution is 5.31. The third-order valence-electron chi connectivity index (χ3n) is 4.57. The van der Waals surface area contributed by atoms with Gasteiger partial charge in [0.25, 0.3) is 0 Å². The van der Waals surface area contributed by atoms with Crippen LogP contribution in [-0.2, 0) is 9.47 Å². The number of aliphatic hydroxyl groups excluding tert-OH is 4. The molecule has 2 saturated heterocycles. The minimum Gasteiger partial charge on any atom is -0.493 e. The second kappa shape index (κ2) is 6.95. The lowest BCUT2D eigenvalue weighted by Crippen LogP contribution is -2.55. The van der Waals surface area contributed by atoms with E-state index in [1.165, 1.54) is 0 Å². The molecule has 5 atom stereocenters. The molecule has 1 aromatic rings. The fourth-order valence-corrected chi connectivity index (χ4v) is 2.95. The zero-order chi connectivity index (χ0) is 17.3. The van der Waals surface area contributed by atoms with E-state index >= 15 is 0 Å². The summed E-state index contributed by atoms with van der Waals surface area (Å²) in [7, 11) is 0. The van der Waals surface area contributed by atoms with Crippen molar-refractivity contribution in [2.75, 3.05) is 26.4 Å². The maximum atomic E-state index is 10.2. The van der Waals surface area contributed by atoms with Crippen molar-refractivity contribution in [3.8, 4) is 5.75 Å². The molecule has 2 aliphatic rings. The third-order valence-corrected chi connectivity index (χ3v) is 4.57. The molecule has 1 aromatic carbocycles. The van der Waals surface area contributed by atoms with Crippen LogP contribution in [0.2, 0.25) is 0 Å². The molecule has 24 heavy (non-hydrogen) atoms. The van der Waals surface area contributed by atoms with Gasteiger partial charge in [-0.2, -0.15) is 0 Å². The molecule has 134 valence electrons. The summed E-state index contributed by atoms with van der Waals surface area (Å²) >= 11 is 0. The molecule has 7 nitrogen and oxygen atoms in total. The standard InChI is InChI=1S/C17H24O7/c1-17(7-22-8-17)9-23-11-4-2-3-10(5-11)16-15(21)14(20)13(19)12(6-18)24-16/h2-5,12-16,18-21H,6-9H2,1H3/t12-,13-,14+,15+,16?/m1/s1. The van der Waals surface area contributed by atoms with Crippen molar-refractivity contribution in [1.82, 2.24) is 0 Å². The molecule has 4 N–H and O–H groups in total. The third kappa shape index (κ3) is 3.42. The lowest BCUT2D eigenvalue weighted by molar-refractivity contribution is -0.231. The summed E-state index contributed by atoms with van der Waals surface area (Å²) in [6, 6.07) is 7.05. The summed E-state index contributed by atoms with van der Waals surface area (Å²) in [6.07, 6.45) is -5.83. The van der Waals surface area contributed by atoms with Crippen LogP contribution >= 0.6 is 0 Å². The van der Waals surface area contributed by atoms with Gasteiger partial charge in [-0.05, 0) is 17.7 Å². The van der Waals surface area contributed by atoms with Gasteiger partial charge in [0.2, 0.25) is 0 Å². The second-order valence-corrected chi connectivity index (χ2v) is 6.91. The van der Waals surface area contributed by atoms with E-state index in [9.17, 15) is 20.4 Å². The Morgan fingerprint density at radius 2 is 1.92 bits per heavy atom. The quantitative estimate of drug-likeness (QED) is 0.578. The predicted octanol–water partition coefficient (Wildman–Crippen LogP) is -0.383. The Kier molecular flexibility index (Phi) is 5.10. The minimum absolute atomic E-state index is 0.0130. The average Bonchev–Trinajstić information content (AvgIpc) is 2.57. The molecule has 3 rings (SSSR count). The van der Waals surface area contributed by atoms with E-state index in [-0.39, 0.29) is 5.41 Å². The van der Waals surface area contributed by atoms with Crippen LogP contribution in [0.4, 0.5) is 0 Å². The molecule has 7 heteroatoms. The molecular weight excluding hydrogens is 316 g/mol. The smallest absolute Gasteiger partial charge is 0.119 e. The summed E-state index contributed by atoms with van der Waals surface area (Å²) in [5.41, 5.74) is 0.624. The van der Waals surface area contributed by atoms with Crippen LogP contribution in [0, 0.1) is 5.41 Å². The van der Waals surface area contributed by atoms with E-state index in [1.54, 1.807) is 24.3 Å². The average molecular weight is 340 g/mol. The zero-order valence-electron chi connectivity index (χ0n) is 13.5. The lowest BCUT2D eigenvalue weighted by Gasteiger charge is -2.40. The number of hydrogen-bond acceptors (Lipinski definition) is 7. The molecule has 0 spiro atoms. The van der Waals surface area contributed by atoms with Crippen LogP contribution in [-0.4, -0.2) is 71.3 Å². The molecule has 0 saturated carbocycles. The van der Waals surface area contributed by atoms with Gasteiger partial charge in [0.15, 0.2) is 0 Å². The Morgan fingerprint density at radius 3 is 2.54 bits per heavy atom. The van der Waals surface area contributed by atoms with Crippen molar-refractivity contribution in [3.63, 3.8) is 0 Å². The van der Waals surface area contributed by atoms with E-state index in [0.717, 1.165) is 0 Å². The Labute approximate surface area is 140 Å². The minimum atomic E-state index is -1.39. The highest BCUT2D eigenvalue weighted by atomic mass is 16.5. The number of rotatable bonds is 5. The first-order valence-corrected chi connectivity index (χ1v) is 8.04. The topological polar surface area (TPSA) is 109 Å². The van der Waals surface area contributed by atoms with Crippen molar-refractivity contribution >= 4 is 0 Å². The number of ether oxygens (including phenoxy) is 3. The summed E-state index contributed by atoms with van der Waals surface area (Å²) in [5.74, 6) is 0.623. The SMILES string of the molecule is CC1(COc2cccc(C3O[C@H](CO)[C@@H](O)[C@H](O)[C@@H]3O)c2)COC1. The summed E-state index contributed by atoms with van der Waals surface area (Å²) in [4.78, 5) is 0. The van der Waals surface area contributed by atoms with Crippen molar-refractivity contribution in [1.29, 1.82) is 0 Å². The van der Waals surface area contributed by atoms with Crippen LogP contribution in [0.5, 0.6) is 5.75 Å². The van der Waals surface area contributed by atoms with Gasteiger partial charge >= 0.3 is 0 Å². The highest BCUT2D eigenvalue weighted by Crippen LogP contribution is 2.34. The van der Waals surface area contributed by atoms with Gasteiger partial charge < -0.3 is 34.6 Å². The summed E-state index contributed by atoms with van der Waals surface area (Å²) < 4.78 is 16.6. The molecule has 2 fully saturated rings. The summed E-state index contributed by atoms with van der Waals surface area (Å²) in [6.45, 7) is 3.48. The molecule has 0 aromatic heterocycles. The molecule has 0 amide bonds. The number of aliphatic hydroxyl groups is 4.